The third-order valence-corrected chi connectivity index (χ3v) is 2.64. The summed E-state index contributed by atoms with van der Waals surface area (Å²) in [5.41, 5.74) is 1.12. The first kappa shape index (κ1) is 9.98. The first-order chi connectivity index (χ1) is 7.22. The van der Waals surface area contributed by atoms with Gasteiger partial charge in [0.15, 0.2) is 0 Å². The Kier molecular flexibility index (Phi) is 2.60. The van der Waals surface area contributed by atoms with Gasteiger partial charge >= 0.3 is 0 Å². The molecule has 1 aromatic carbocycles. The minimum atomic E-state index is -0.467. The highest BCUT2D eigenvalue weighted by Gasteiger charge is 2.15. The van der Waals surface area contributed by atoms with Crippen LogP contribution < -0.4 is 0 Å². The molecule has 76 valence electrons. The van der Waals surface area contributed by atoms with Gasteiger partial charge in [0, 0.05) is 10.9 Å². The van der Waals surface area contributed by atoms with Gasteiger partial charge in [-0.05, 0) is 30.5 Å². The van der Waals surface area contributed by atoms with E-state index in [4.69, 9.17) is 4.42 Å². The van der Waals surface area contributed by atoms with E-state index in [0.717, 1.165) is 17.1 Å². The fourth-order valence-electron chi connectivity index (χ4n) is 1.32. The number of furan rings is 1. The van der Waals surface area contributed by atoms with Gasteiger partial charge in [-0.25, -0.2) is 0 Å². The summed E-state index contributed by atoms with van der Waals surface area (Å²) in [6.07, 6.45) is 3.14. The molecule has 0 fully saturated rings. The second-order valence-electron chi connectivity index (χ2n) is 2.99. The van der Waals surface area contributed by atoms with Crippen LogP contribution in [0.1, 0.15) is 10.4 Å². The molecule has 2 aromatic rings. The van der Waals surface area contributed by atoms with Crippen LogP contribution in [0, 0.1) is 0 Å². The van der Waals surface area contributed by atoms with Crippen molar-refractivity contribution in [3.05, 3.63) is 36.1 Å². The number of hydrogen-bond donors (Lipinski definition) is 0. The van der Waals surface area contributed by atoms with Gasteiger partial charge in [0.05, 0.1) is 6.26 Å². The highest BCUT2D eigenvalue weighted by molar-refractivity contribution is 8.14. The average Bonchev–Trinajstić information content (AvgIpc) is 2.73. The number of carbonyl (C=O) groups is 2. The van der Waals surface area contributed by atoms with E-state index in [1.165, 1.54) is 0 Å². The molecule has 0 saturated carbocycles. The van der Waals surface area contributed by atoms with Gasteiger partial charge in [0.2, 0.25) is 5.78 Å². The molecule has 0 radical (unpaired) electrons. The van der Waals surface area contributed by atoms with Crippen molar-refractivity contribution in [1.82, 2.24) is 0 Å². The maximum atomic E-state index is 11.5. The van der Waals surface area contributed by atoms with Gasteiger partial charge in [-0.3, -0.25) is 9.59 Å². The number of thioether (sulfide) groups is 1. The summed E-state index contributed by atoms with van der Waals surface area (Å²) in [5, 5.41) is 0.382. The van der Waals surface area contributed by atoms with Crippen LogP contribution in [0.25, 0.3) is 11.0 Å². The van der Waals surface area contributed by atoms with Crippen LogP contribution in [-0.4, -0.2) is 17.2 Å². The zero-order chi connectivity index (χ0) is 10.8. The minimum Gasteiger partial charge on any atom is -0.464 e. The Hall–Kier alpha value is -1.55. The van der Waals surface area contributed by atoms with Gasteiger partial charge in [-0.15, -0.1) is 0 Å². The average molecular weight is 220 g/mol. The molecule has 0 saturated heterocycles. The lowest BCUT2D eigenvalue weighted by molar-refractivity contribution is -0.107. The number of Topliss-reactive ketones (excluding diaryl/α,β-unsaturated/α-hetero) is 1. The number of ketones is 1. The highest BCUT2D eigenvalue weighted by Crippen LogP contribution is 2.18. The molecule has 0 aliphatic rings. The van der Waals surface area contributed by atoms with Gasteiger partial charge in [-0.2, -0.15) is 0 Å². The Morgan fingerprint density at radius 3 is 2.80 bits per heavy atom. The molecule has 1 aromatic heterocycles. The first-order valence-electron chi connectivity index (χ1n) is 4.32. The Bertz CT molecular complexity index is 527. The van der Waals surface area contributed by atoms with Crippen LogP contribution in [0.15, 0.2) is 34.9 Å². The number of carbonyl (C=O) groups excluding carboxylic acids is 2. The quantitative estimate of drug-likeness (QED) is 0.576. The molecule has 0 amide bonds. The molecule has 0 aliphatic carbocycles. The molecule has 0 unspecified atom stereocenters. The summed E-state index contributed by atoms with van der Waals surface area (Å²) in [6, 6.07) is 6.71. The van der Waals surface area contributed by atoms with Crippen LogP contribution in [0.4, 0.5) is 0 Å². The molecule has 0 bridgehead atoms. The smallest absolute Gasteiger partial charge is 0.259 e. The molecule has 3 nitrogen and oxygen atoms in total. The lowest BCUT2D eigenvalue weighted by Crippen LogP contribution is -2.09. The number of fused-ring (bicyclic) bond motifs is 1. The first-order valence-corrected chi connectivity index (χ1v) is 5.55. The predicted molar refractivity (Wildman–Crippen MR) is 59.1 cm³/mol. The molecule has 0 spiro atoms. The van der Waals surface area contributed by atoms with E-state index >= 15 is 0 Å². The van der Waals surface area contributed by atoms with Gasteiger partial charge in [0.25, 0.3) is 5.12 Å². The standard InChI is InChI=1S/C11H8O3S/c1-15-11(13)10(12)8-2-3-9-7(6-8)4-5-14-9/h2-6H,1H3. The summed E-state index contributed by atoms with van der Waals surface area (Å²) >= 11 is 0.923. The SMILES string of the molecule is CSC(=O)C(=O)c1ccc2occc2c1. The topological polar surface area (TPSA) is 47.3 Å². The van der Waals surface area contributed by atoms with E-state index in [1.54, 1.807) is 36.8 Å². The molecule has 0 atom stereocenters. The van der Waals surface area contributed by atoms with Crippen molar-refractivity contribution in [2.24, 2.45) is 0 Å². The van der Waals surface area contributed by atoms with Gasteiger partial charge < -0.3 is 4.42 Å². The van der Waals surface area contributed by atoms with Crippen molar-refractivity contribution < 1.29 is 14.0 Å². The fourth-order valence-corrected chi connectivity index (χ4v) is 1.62. The van der Waals surface area contributed by atoms with Crippen molar-refractivity contribution in [2.75, 3.05) is 6.26 Å². The van der Waals surface area contributed by atoms with Crippen molar-refractivity contribution in [3.63, 3.8) is 0 Å². The third-order valence-electron chi connectivity index (χ3n) is 2.09. The Morgan fingerprint density at radius 2 is 2.07 bits per heavy atom. The highest BCUT2D eigenvalue weighted by atomic mass is 32.2. The van der Waals surface area contributed by atoms with E-state index in [2.05, 4.69) is 0 Å². The zero-order valence-electron chi connectivity index (χ0n) is 8.02. The fraction of sp³-hybridized carbons (Fsp3) is 0.0909. The lowest BCUT2D eigenvalue weighted by Gasteiger charge is -1.97. The zero-order valence-corrected chi connectivity index (χ0v) is 8.84. The van der Waals surface area contributed by atoms with E-state index in [1.807, 2.05) is 0 Å². The van der Waals surface area contributed by atoms with Gasteiger partial charge in [0.1, 0.15) is 5.58 Å². The summed E-state index contributed by atoms with van der Waals surface area (Å²) in [6.45, 7) is 0. The van der Waals surface area contributed by atoms with Crippen molar-refractivity contribution in [1.29, 1.82) is 0 Å². The molecule has 4 heteroatoms. The number of benzene rings is 1. The van der Waals surface area contributed by atoms with Crippen LogP contribution in [0.3, 0.4) is 0 Å². The van der Waals surface area contributed by atoms with E-state index in [9.17, 15) is 9.59 Å². The van der Waals surface area contributed by atoms with Crippen LogP contribution in [0.5, 0.6) is 0 Å². The summed E-state index contributed by atoms with van der Waals surface area (Å²) in [4.78, 5) is 22.7. The van der Waals surface area contributed by atoms with Crippen molar-refractivity contribution >= 4 is 33.6 Å². The van der Waals surface area contributed by atoms with E-state index in [0.29, 0.717) is 11.1 Å². The predicted octanol–water partition coefficient (Wildman–Crippen LogP) is 2.51. The number of rotatable bonds is 2. The number of hydrogen-bond acceptors (Lipinski definition) is 4. The second-order valence-corrected chi connectivity index (χ2v) is 3.77. The molecule has 15 heavy (non-hydrogen) atoms. The monoisotopic (exact) mass is 220 g/mol. The molecular formula is C11H8O3S. The van der Waals surface area contributed by atoms with Crippen LogP contribution >= 0.6 is 11.8 Å². The van der Waals surface area contributed by atoms with Crippen LogP contribution in [0.2, 0.25) is 0 Å². The van der Waals surface area contributed by atoms with Crippen molar-refractivity contribution in [3.8, 4) is 0 Å². The lowest BCUT2D eigenvalue weighted by atomic mass is 10.1. The summed E-state index contributed by atoms with van der Waals surface area (Å²) in [5.74, 6) is -0.467. The molecular weight excluding hydrogens is 212 g/mol. The molecule has 1 heterocycles. The molecule has 0 N–H and O–H groups in total. The van der Waals surface area contributed by atoms with E-state index < -0.39 is 10.9 Å². The van der Waals surface area contributed by atoms with Gasteiger partial charge in [-0.1, -0.05) is 11.8 Å². The Morgan fingerprint density at radius 1 is 1.27 bits per heavy atom. The largest absolute Gasteiger partial charge is 0.464 e. The van der Waals surface area contributed by atoms with Crippen LogP contribution in [-0.2, 0) is 4.79 Å². The minimum absolute atomic E-state index is 0.406. The normalized spacial score (nSPS) is 10.5. The summed E-state index contributed by atoms with van der Waals surface area (Å²) < 4.78 is 5.14. The maximum Gasteiger partial charge on any atom is 0.259 e. The molecule has 0 aliphatic heterocycles. The Labute approximate surface area is 90.4 Å². The Balaban J connectivity index is 2.44. The van der Waals surface area contributed by atoms with E-state index in [-0.39, 0.29) is 0 Å². The third kappa shape index (κ3) is 1.80. The van der Waals surface area contributed by atoms with Crippen molar-refractivity contribution in [2.45, 2.75) is 0 Å². The summed E-state index contributed by atoms with van der Waals surface area (Å²) in [7, 11) is 0. The second kappa shape index (κ2) is 3.90. The maximum absolute atomic E-state index is 11.5. The molecule has 2 rings (SSSR count).